The van der Waals surface area contributed by atoms with Crippen molar-refractivity contribution >= 4 is 34.0 Å². The van der Waals surface area contributed by atoms with Crippen molar-refractivity contribution in [1.82, 2.24) is 15.0 Å². The number of hydrogen-bond donors (Lipinski definition) is 2. The van der Waals surface area contributed by atoms with Crippen LogP contribution >= 0.6 is 0 Å². The normalized spacial score (nSPS) is 10.6. The number of pyridine rings is 1. The lowest BCUT2D eigenvalue weighted by atomic mass is 10.2. The second-order valence-corrected chi connectivity index (χ2v) is 5.85. The van der Waals surface area contributed by atoms with Crippen LogP contribution in [-0.2, 0) is 0 Å². The molecule has 27 heavy (non-hydrogen) atoms. The standard InChI is InChI=1S/C21H19N5O/c1-2-27-17-10-8-16(9-11-17)24-21-23-14-12-19(26-21)25-18-7-3-5-15-6-4-13-22-20(15)18/h3-14H,2H2,1H3,(H2,23,24,25,26). The number of aromatic nitrogens is 3. The van der Waals surface area contributed by atoms with E-state index in [1.165, 1.54) is 0 Å². The van der Waals surface area contributed by atoms with Crippen molar-refractivity contribution < 1.29 is 4.74 Å². The number of benzene rings is 2. The van der Waals surface area contributed by atoms with Crippen molar-refractivity contribution in [3.63, 3.8) is 0 Å². The van der Waals surface area contributed by atoms with Gasteiger partial charge in [0, 0.05) is 23.5 Å². The summed E-state index contributed by atoms with van der Waals surface area (Å²) in [4.78, 5) is 13.3. The number of anilines is 4. The predicted octanol–water partition coefficient (Wildman–Crippen LogP) is 4.91. The van der Waals surface area contributed by atoms with Gasteiger partial charge in [0.2, 0.25) is 5.95 Å². The molecule has 6 nitrogen and oxygen atoms in total. The highest BCUT2D eigenvalue weighted by Crippen LogP contribution is 2.24. The highest BCUT2D eigenvalue weighted by atomic mass is 16.5. The summed E-state index contributed by atoms with van der Waals surface area (Å²) in [5, 5.41) is 7.60. The Morgan fingerprint density at radius 3 is 2.56 bits per heavy atom. The number of ether oxygens (including phenoxy) is 1. The number of nitrogens with zero attached hydrogens (tertiary/aromatic N) is 3. The predicted molar refractivity (Wildman–Crippen MR) is 108 cm³/mol. The van der Waals surface area contributed by atoms with Crippen LogP contribution in [0.4, 0.5) is 23.1 Å². The van der Waals surface area contributed by atoms with Crippen LogP contribution < -0.4 is 15.4 Å². The van der Waals surface area contributed by atoms with Crippen LogP contribution in [0.15, 0.2) is 73.1 Å². The van der Waals surface area contributed by atoms with Crippen LogP contribution in [0.3, 0.4) is 0 Å². The third-order valence-corrected chi connectivity index (χ3v) is 3.97. The zero-order valence-electron chi connectivity index (χ0n) is 14.9. The number of fused-ring (bicyclic) bond motifs is 1. The van der Waals surface area contributed by atoms with E-state index in [4.69, 9.17) is 4.74 Å². The molecule has 2 N–H and O–H groups in total. The fraction of sp³-hybridized carbons (Fsp3) is 0.0952. The lowest BCUT2D eigenvalue weighted by Crippen LogP contribution is -2.01. The molecule has 0 aliphatic rings. The molecule has 0 spiro atoms. The zero-order chi connectivity index (χ0) is 18.5. The SMILES string of the molecule is CCOc1ccc(Nc2nccc(Nc3cccc4cccnc34)n2)cc1. The molecular formula is C21H19N5O. The molecule has 2 aromatic carbocycles. The summed E-state index contributed by atoms with van der Waals surface area (Å²) in [6, 6.07) is 19.5. The zero-order valence-corrected chi connectivity index (χ0v) is 14.9. The Morgan fingerprint density at radius 2 is 1.70 bits per heavy atom. The van der Waals surface area contributed by atoms with E-state index >= 15 is 0 Å². The molecule has 0 aliphatic heterocycles. The molecule has 0 unspecified atom stereocenters. The molecule has 6 heteroatoms. The Kier molecular flexibility index (Phi) is 4.78. The van der Waals surface area contributed by atoms with Crippen LogP contribution in [-0.4, -0.2) is 21.6 Å². The average Bonchev–Trinajstić information content (AvgIpc) is 2.70. The van der Waals surface area contributed by atoms with E-state index in [2.05, 4.69) is 25.6 Å². The van der Waals surface area contributed by atoms with Crippen LogP contribution in [0, 0.1) is 0 Å². The third-order valence-electron chi connectivity index (χ3n) is 3.97. The second kappa shape index (κ2) is 7.70. The van der Waals surface area contributed by atoms with Crippen LogP contribution in [0.5, 0.6) is 5.75 Å². The van der Waals surface area contributed by atoms with Gasteiger partial charge in [0.05, 0.1) is 17.8 Å². The van der Waals surface area contributed by atoms with Gasteiger partial charge in [-0.25, -0.2) is 4.98 Å². The number of nitrogens with one attached hydrogen (secondary N) is 2. The summed E-state index contributed by atoms with van der Waals surface area (Å²) < 4.78 is 5.46. The maximum atomic E-state index is 5.46. The first-order chi connectivity index (χ1) is 13.3. The van der Waals surface area contributed by atoms with Crippen molar-refractivity contribution in [3.05, 3.63) is 73.1 Å². The minimum absolute atomic E-state index is 0.511. The molecule has 0 bridgehead atoms. The molecule has 2 heterocycles. The van der Waals surface area contributed by atoms with E-state index in [1.807, 2.05) is 67.6 Å². The van der Waals surface area contributed by atoms with Gasteiger partial charge in [-0.15, -0.1) is 0 Å². The van der Waals surface area contributed by atoms with Crippen molar-refractivity contribution in [2.45, 2.75) is 6.92 Å². The van der Waals surface area contributed by atoms with E-state index in [1.54, 1.807) is 12.4 Å². The molecule has 0 fully saturated rings. The lowest BCUT2D eigenvalue weighted by molar-refractivity contribution is 0.340. The van der Waals surface area contributed by atoms with Gasteiger partial charge in [-0.1, -0.05) is 18.2 Å². The first-order valence-electron chi connectivity index (χ1n) is 8.75. The van der Waals surface area contributed by atoms with Crippen LogP contribution in [0.1, 0.15) is 6.92 Å². The van der Waals surface area contributed by atoms with Crippen molar-refractivity contribution in [2.24, 2.45) is 0 Å². The second-order valence-electron chi connectivity index (χ2n) is 5.85. The van der Waals surface area contributed by atoms with E-state index in [0.717, 1.165) is 28.0 Å². The topological polar surface area (TPSA) is 72.0 Å². The van der Waals surface area contributed by atoms with Crippen molar-refractivity contribution in [1.29, 1.82) is 0 Å². The first kappa shape index (κ1) is 16.8. The van der Waals surface area contributed by atoms with Gasteiger partial charge in [-0.05, 0) is 49.4 Å². The van der Waals surface area contributed by atoms with Gasteiger partial charge >= 0.3 is 0 Å². The molecule has 2 aromatic heterocycles. The van der Waals surface area contributed by atoms with Crippen LogP contribution in [0.2, 0.25) is 0 Å². The fourth-order valence-electron chi connectivity index (χ4n) is 2.76. The Labute approximate surface area is 157 Å². The largest absolute Gasteiger partial charge is 0.494 e. The molecular weight excluding hydrogens is 338 g/mol. The summed E-state index contributed by atoms with van der Waals surface area (Å²) in [5.74, 6) is 2.04. The molecule has 4 aromatic rings. The van der Waals surface area contributed by atoms with Gasteiger partial charge in [-0.3, -0.25) is 4.98 Å². The molecule has 0 amide bonds. The Balaban J connectivity index is 1.53. The Hall–Kier alpha value is -3.67. The number of hydrogen-bond acceptors (Lipinski definition) is 6. The van der Waals surface area contributed by atoms with Crippen molar-refractivity contribution in [3.8, 4) is 5.75 Å². The summed E-state index contributed by atoms with van der Waals surface area (Å²) in [7, 11) is 0. The van der Waals surface area contributed by atoms with Crippen molar-refractivity contribution in [2.75, 3.05) is 17.2 Å². The van der Waals surface area contributed by atoms with Gasteiger partial charge in [0.1, 0.15) is 11.6 Å². The van der Waals surface area contributed by atoms with E-state index in [0.29, 0.717) is 18.4 Å². The van der Waals surface area contributed by atoms with E-state index in [-0.39, 0.29) is 0 Å². The molecule has 0 aliphatic carbocycles. The first-order valence-corrected chi connectivity index (χ1v) is 8.75. The molecule has 0 saturated heterocycles. The summed E-state index contributed by atoms with van der Waals surface area (Å²) in [5.41, 5.74) is 2.70. The Bertz CT molecular complexity index is 1040. The Morgan fingerprint density at radius 1 is 0.852 bits per heavy atom. The summed E-state index contributed by atoms with van der Waals surface area (Å²) in [6.45, 7) is 2.61. The summed E-state index contributed by atoms with van der Waals surface area (Å²) >= 11 is 0. The van der Waals surface area contributed by atoms with Gasteiger partial charge in [0.15, 0.2) is 0 Å². The molecule has 134 valence electrons. The monoisotopic (exact) mass is 357 g/mol. The molecule has 0 saturated carbocycles. The third kappa shape index (κ3) is 3.95. The molecule has 0 radical (unpaired) electrons. The number of rotatable bonds is 6. The maximum absolute atomic E-state index is 5.46. The van der Waals surface area contributed by atoms with Gasteiger partial charge in [-0.2, -0.15) is 4.98 Å². The molecule has 0 atom stereocenters. The molecule has 4 rings (SSSR count). The minimum atomic E-state index is 0.511. The highest BCUT2D eigenvalue weighted by molar-refractivity contribution is 5.91. The quantitative estimate of drug-likeness (QED) is 0.511. The fourth-order valence-corrected chi connectivity index (χ4v) is 2.76. The smallest absolute Gasteiger partial charge is 0.229 e. The van der Waals surface area contributed by atoms with Crippen LogP contribution in [0.25, 0.3) is 10.9 Å². The van der Waals surface area contributed by atoms with Gasteiger partial charge in [0.25, 0.3) is 0 Å². The van der Waals surface area contributed by atoms with E-state index < -0.39 is 0 Å². The number of para-hydroxylation sites is 1. The highest BCUT2D eigenvalue weighted by Gasteiger charge is 2.05. The minimum Gasteiger partial charge on any atom is -0.494 e. The van der Waals surface area contributed by atoms with E-state index in [9.17, 15) is 0 Å². The summed E-state index contributed by atoms with van der Waals surface area (Å²) in [6.07, 6.45) is 3.50. The maximum Gasteiger partial charge on any atom is 0.229 e. The van der Waals surface area contributed by atoms with Gasteiger partial charge < -0.3 is 15.4 Å². The average molecular weight is 357 g/mol. The lowest BCUT2D eigenvalue weighted by Gasteiger charge is -2.10.